The number of hydrogen-bond acceptors (Lipinski definition) is 3. The Labute approximate surface area is 96.9 Å². The Balaban J connectivity index is 1.95. The number of anilines is 1. The summed E-state index contributed by atoms with van der Waals surface area (Å²) in [7, 11) is 0. The number of piperidine rings is 1. The Morgan fingerprint density at radius 3 is 3.00 bits per heavy atom. The van der Waals surface area contributed by atoms with Crippen LogP contribution in [0, 0.1) is 5.92 Å². The van der Waals surface area contributed by atoms with Gasteiger partial charge in [-0.2, -0.15) is 0 Å². The summed E-state index contributed by atoms with van der Waals surface area (Å²) in [5.74, 6) is 0.370. The standard InChI is InChI=1S/C13H20N2O/c1-10-8-15(6-5-13(10)16)9-11-3-2-4-12(14)7-11/h2-4,7,10,13,16H,5-6,8-9,14H2,1H3. The van der Waals surface area contributed by atoms with Crippen LogP contribution in [-0.2, 0) is 6.54 Å². The third-order valence-corrected chi connectivity index (χ3v) is 3.30. The largest absolute Gasteiger partial charge is 0.399 e. The number of nitrogen functional groups attached to an aromatic ring is 1. The molecule has 1 aromatic rings. The molecular formula is C13H20N2O. The van der Waals surface area contributed by atoms with Crippen molar-refractivity contribution in [3.05, 3.63) is 29.8 Å². The number of likely N-dealkylation sites (tertiary alicyclic amines) is 1. The molecule has 2 rings (SSSR count). The van der Waals surface area contributed by atoms with Crippen molar-refractivity contribution in [2.75, 3.05) is 18.8 Å². The van der Waals surface area contributed by atoms with Gasteiger partial charge < -0.3 is 10.8 Å². The van der Waals surface area contributed by atoms with Crippen LogP contribution < -0.4 is 5.73 Å². The Bertz CT molecular complexity index is 354. The fourth-order valence-corrected chi connectivity index (χ4v) is 2.31. The summed E-state index contributed by atoms with van der Waals surface area (Å²) in [6.07, 6.45) is 0.751. The highest BCUT2D eigenvalue weighted by molar-refractivity contribution is 5.40. The van der Waals surface area contributed by atoms with Crippen molar-refractivity contribution < 1.29 is 5.11 Å². The van der Waals surface area contributed by atoms with Crippen molar-refractivity contribution in [2.45, 2.75) is 26.0 Å². The molecule has 0 aromatic heterocycles. The number of nitrogens with two attached hydrogens (primary N) is 1. The van der Waals surface area contributed by atoms with Gasteiger partial charge in [0.1, 0.15) is 0 Å². The summed E-state index contributed by atoms with van der Waals surface area (Å²) >= 11 is 0. The van der Waals surface area contributed by atoms with Gasteiger partial charge in [0.25, 0.3) is 0 Å². The first-order valence-electron chi connectivity index (χ1n) is 5.90. The van der Waals surface area contributed by atoms with Crippen LogP contribution in [0.15, 0.2) is 24.3 Å². The molecule has 1 saturated heterocycles. The molecule has 0 spiro atoms. The molecule has 2 atom stereocenters. The zero-order chi connectivity index (χ0) is 11.5. The Kier molecular flexibility index (Phi) is 3.46. The van der Waals surface area contributed by atoms with E-state index in [-0.39, 0.29) is 6.10 Å². The quantitative estimate of drug-likeness (QED) is 0.742. The van der Waals surface area contributed by atoms with Gasteiger partial charge in [0.15, 0.2) is 0 Å². The predicted octanol–water partition coefficient (Wildman–Crippen LogP) is 1.47. The molecule has 0 amide bonds. The summed E-state index contributed by atoms with van der Waals surface area (Å²) < 4.78 is 0. The smallest absolute Gasteiger partial charge is 0.0590 e. The maximum Gasteiger partial charge on any atom is 0.0590 e. The van der Waals surface area contributed by atoms with Gasteiger partial charge in [-0.3, -0.25) is 4.90 Å². The lowest BCUT2D eigenvalue weighted by atomic mass is 9.96. The average molecular weight is 220 g/mol. The van der Waals surface area contributed by atoms with Crippen molar-refractivity contribution in [3.63, 3.8) is 0 Å². The number of aliphatic hydroxyl groups excluding tert-OH is 1. The molecule has 3 nitrogen and oxygen atoms in total. The van der Waals surface area contributed by atoms with E-state index >= 15 is 0 Å². The molecule has 0 aliphatic carbocycles. The second kappa shape index (κ2) is 4.85. The topological polar surface area (TPSA) is 49.5 Å². The first-order valence-corrected chi connectivity index (χ1v) is 5.90. The molecule has 1 aliphatic heterocycles. The van der Waals surface area contributed by atoms with E-state index in [9.17, 15) is 5.11 Å². The molecule has 3 N–H and O–H groups in total. The van der Waals surface area contributed by atoms with Gasteiger partial charge in [-0.1, -0.05) is 19.1 Å². The van der Waals surface area contributed by atoms with Crippen molar-refractivity contribution >= 4 is 5.69 Å². The molecule has 1 aliphatic rings. The molecule has 1 aromatic carbocycles. The zero-order valence-corrected chi connectivity index (χ0v) is 9.76. The van der Waals surface area contributed by atoms with Gasteiger partial charge in [0.05, 0.1) is 6.10 Å². The van der Waals surface area contributed by atoms with Crippen LogP contribution in [0.5, 0.6) is 0 Å². The molecule has 3 heteroatoms. The predicted molar refractivity (Wildman–Crippen MR) is 65.9 cm³/mol. The van der Waals surface area contributed by atoms with Crippen LogP contribution in [0.1, 0.15) is 18.9 Å². The van der Waals surface area contributed by atoms with E-state index in [0.29, 0.717) is 5.92 Å². The number of aliphatic hydroxyl groups is 1. The second-order valence-corrected chi connectivity index (χ2v) is 4.81. The van der Waals surface area contributed by atoms with Crippen LogP contribution >= 0.6 is 0 Å². The highest BCUT2D eigenvalue weighted by Gasteiger charge is 2.23. The van der Waals surface area contributed by atoms with Crippen LogP contribution in [0.2, 0.25) is 0 Å². The van der Waals surface area contributed by atoms with E-state index in [0.717, 1.165) is 31.7 Å². The molecule has 0 bridgehead atoms. The summed E-state index contributed by atoms with van der Waals surface area (Å²) in [5, 5.41) is 9.66. The second-order valence-electron chi connectivity index (χ2n) is 4.81. The number of nitrogens with zero attached hydrogens (tertiary/aromatic N) is 1. The molecule has 2 unspecified atom stereocenters. The van der Waals surface area contributed by atoms with Gasteiger partial charge in [0, 0.05) is 25.3 Å². The molecule has 16 heavy (non-hydrogen) atoms. The zero-order valence-electron chi connectivity index (χ0n) is 9.76. The van der Waals surface area contributed by atoms with Gasteiger partial charge >= 0.3 is 0 Å². The molecular weight excluding hydrogens is 200 g/mol. The molecule has 0 saturated carbocycles. The number of hydrogen-bond donors (Lipinski definition) is 2. The molecule has 88 valence electrons. The number of benzene rings is 1. The van der Waals surface area contributed by atoms with E-state index in [1.54, 1.807) is 0 Å². The minimum atomic E-state index is -0.128. The Morgan fingerprint density at radius 1 is 1.50 bits per heavy atom. The lowest BCUT2D eigenvalue weighted by Crippen LogP contribution is -2.41. The highest BCUT2D eigenvalue weighted by atomic mass is 16.3. The van der Waals surface area contributed by atoms with E-state index in [2.05, 4.69) is 17.9 Å². The SMILES string of the molecule is CC1CN(Cc2cccc(N)c2)CCC1O. The van der Waals surface area contributed by atoms with Gasteiger partial charge in [-0.05, 0) is 30.0 Å². The van der Waals surface area contributed by atoms with Crippen LogP contribution in [0.25, 0.3) is 0 Å². The molecule has 1 heterocycles. The maximum absolute atomic E-state index is 9.66. The van der Waals surface area contributed by atoms with Gasteiger partial charge in [-0.15, -0.1) is 0 Å². The van der Waals surface area contributed by atoms with Crippen molar-refractivity contribution in [1.82, 2.24) is 4.90 Å². The van der Waals surface area contributed by atoms with E-state index in [1.807, 2.05) is 18.2 Å². The van der Waals surface area contributed by atoms with Crippen molar-refractivity contribution in [2.24, 2.45) is 5.92 Å². The minimum absolute atomic E-state index is 0.128. The van der Waals surface area contributed by atoms with Crippen LogP contribution in [-0.4, -0.2) is 29.2 Å². The maximum atomic E-state index is 9.66. The summed E-state index contributed by atoms with van der Waals surface area (Å²) in [6.45, 7) is 4.98. The summed E-state index contributed by atoms with van der Waals surface area (Å²) in [4.78, 5) is 2.38. The first-order chi connectivity index (χ1) is 7.65. The first kappa shape index (κ1) is 11.4. The van der Waals surface area contributed by atoms with Crippen molar-refractivity contribution in [1.29, 1.82) is 0 Å². The minimum Gasteiger partial charge on any atom is -0.399 e. The normalized spacial score (nSPS) is 26.9. The van der Waals surface area contributed by atoms with Gasteiger partial charge in [0.2, 0.25) is 0 Å². The third kappa shape index (κ3) is 2.74. The van der Waals surface area contributed by atoms with Crippen molar-refractivity contribution in [3.8, 4) is 0 Å². The Morgan fingerprint density at radius 2 is 2.31 bits per heavy atom. The lowest BCUT2D eigenvalue weighted by Gasteiger charge is -2.34. The van der Waals surface area contributed by atoms with Crippen LogP contribution in [0.4, 0.5) is 5.69 Å². The fourth-order valence-electron chi connectivity index (χ4n) is 2.31. The molecule has 0 radical (unpaired) electrons. The summed E-state index contributed by atoms with van der Waals surface area (Å²) in [6, 6.07) is 8.03. The average Bonchev–Trinajstić information content (AvgIpc) is 2.24. The van der Waals surface area contributed by atoms with E-state index in [4.69, 9.17) is 5.73 Å². The summed E-state index contributed by atoms with van der Waals surface area (Å²) in [5.41, 5.74) is 7.83. The Hall–Kier alpha value is -1.06. The monoisotopic (exact) mass is 220 g/mol. The van der Waals surface area contributed by atoms with E-state index < -0.39 is 0 Å². The highest BCUT2D eigenvalue weighted by Crippen LogP contribution is 2.19. The lowest BCUT2D eigenvalue weighted by molar-refractivity contribution is 0.0320. The van der Waals surface area contributed by atoms with Gasteiger partial charge in [-0.25, -0.2) is 0 Å². The van der Waals surface area contributed by atoms with Crippen LogP contribution in [0.3, 0.4) is 0 Å². The number of rotatable bonds is 2. The third-order valence-electron chi connectivity index (χ3n) is 3.30. The van der Waals surface area contributed by atoms with E-state index in [1.165, 1.54) is 5.56 Å². The molecule has 1 fully saturated rings. The fraction of sp³-hybridized carbons (Fsp3) is 0.538.